The van der Waals surface area contributed by atoms with Crippen LogP contribution in [0.15, 0.2) is 28.9 Å². The van der Waals surface area contributed by atoms with Gasteiger partial charge in [-0.3, -0.25) is 4.79 Å². The lowest BCUT2D eigenvalue weighted by atomic mass is 10.1. The number of amides is 1. The maximum atomic E-state index is 12.7. The van der Waals surface area contributed by atoms with Crippen LogP contribution in [0, 0.1) is 13.8 Å². The van der Waals surface area contributed by atoms with Gasteiger partial charge in [-0.05, 0) is 38.5 Å². The van der Waals surface area contributed by atoms with Crippen molar-refractivity contribution in [3.05, 3.63) is 45.5 Å². The summed E-state index contributed by atoms with van der Waals surface area (Å²) < 4.78 is 5.32. The standard InChI is InChI=1S/C16H21NO3S/c1-4-13(10-18)17(9-14-6-5-12(3)21-14)16(19)15-11(2)7-8-20-15/h5-8,13,18H,4,9-10H2,1-3H3/t13-/m0/s1. The van der Waals surface area contributed by atoms with Gasteiger partial charge in [0.15, 0.2) is 5.76 Å². The molecule has 2 aromatic heterocycles. The van der Waals surface area contributed by atoms with E-state index in [9.17, 15) is 9.90 Å². The second-order valence-corrected chi connectivity index (χ2v) is 6.50. The van der Waals surface area contributed by atoms with E-state index in [2.05, 4.69) is 0 Å². The van der Waals surface area contributed by atoms with Crippen LogP contribution in [-0.4, -0.2) is 28.6 Å². The van der Waals surface area contributed by atoms with Crippen molar-refractivity contribution in [3.63, 3.8) is 0 Å². The van der Waals surface area contributed by atoms with E-state index in [-0.39, 0.29) is 18.6 Å². The molecule has 2 aromatic rings. The minimum absolute atomic E-state index is 0.0493. The molecule has 0 bridgehead atoms. The molecule has 0 radical (unpaired) electrons. The largest absolute Gasteiger partial charge is 0.459 e. The van der Waals surface area contributed by atoms with E-state index in [1.54, 1.807) is 22.3 Å². The maximum absolute atomic E-state index is 12.7. The Morgan fingerprint density at radius 1 is 1.38 bits per heavy atom. The minimum Gasteiger partial charge on any atom is -0.459 e. The van der Waals surface area contributed by atoms with Gasteiger partial charge < -0.3 is 14.4 Å². The zero-order valence-corrected chi connectivity index (χ0v) is 13.4. The van der Waals surface area contributed by atoms with Gasteiger partial charge in [0, 0.05) is 15.3 Å². The Bertz CT molecular complexity index is 598. The molecule has 2 rings (SSSR count). The monoisotopic (exact) mass is 307 g/mol. The molecule has 0 unspecified atom stereocenters. The summed E-state index contributed by atoms with van der Waals surface area (Å²) >= 11 is 1.67. The molecule has 0 aromatic carbocycles. The van der Waals surface area contributed by atoms with Gasteiger partial charge >= 0.3 is 0 Å². The van der Waals surface area contributed by atoms with Gasteiger partial charge in [-0.1, -0.05) is 6.92 Å². The third-order valence-corrected chi connectivity index (χ3v) is 4.55. The minimum atomic E-state index is -0.204. The van der Waals surface area contributed by atoms with Gasteiger partial charge in [0.1, 0.15) is 0 Å². The van der Waals surface area contributed by atoms with E-state index in [0.29, 0.717) is 18.7 Å². The first-order chi connectivity index (χ1) is 10.1. The number of carbonyl (C=O) groups excluding carboxylic acids is 1. The molecule has 0 spiro atoms. The van der Waals surface area contributed by atoms with Crippen molar-refractivity contribution in [1.29, 1.82) is 0 Å². The predicted molar refractivity (Wildman–Crippen MR) is 83.5 cm³/mol. The number of hydrogen-bond donors (Lipinski definition) is 1. The summed E-state index contributed by atoms with van der Waals surface area (Å²) in [6.07, 6.45) is 2.22. The number of carbonyl (C=O) groups is 1. The van der Waals surface area contributed by atoms with Crippen LogP contribution in [-0.2, 0) is 6.54 Å². The molecule has 1 amide bonds. The molecule has 0 saturated heterocycles. The van der Waals surface area contributed by atoms with Crippen LogP contribution in [0.3, 0.4) is 0 Å². The summed E-state index contributed by atoms with van der Waals surface area (Å²) in [5.74, 6) is 0.194. The van der Waals surface area contributed by atoms with Crippen molar-refractivity contribution >= 4 is 17.2 Å². The van der Waals surface area contributed by atoms with Gasteiger partial charge in [-0.2, -0.15) is 0 Å². The highest BCUT2D eigenvalue weighted by atomic mass is 32.1. The lowest BCUT2D eigenvalue weighted by Crippen LogP contribution is -2.41. The predicted octanol–water partition coefficient (Wildman–Crippen LogP) is 3.37. The van der Waals surface area contributed by atoms with Crippen molar-refractivity contribution in [2.24, 2.45) is 0 Å². The normalized spacial score (nSPS) is 12.4. The van der Waals surface area contributed by atoms with Crippen LogP contribution in [0.5, 0.6) is 0 Å². The first-order valence-corrected chi connectivity index (χ1v) is 7.89. The molecule has 0 fully saturated rings. The highest BCUT2D eigenvalue weighted by molar-refractivity contribution is 7.11. The molecule has 0 aliphatic heterocycles. The molecule has 0 aliphatic carbocycles. The molecule has 0 saturated carbocycles. The zero-order chi connectivity index (χ0) is 15.4. The summed E-state index contributed by atoms with van der Waals surface area (Å²) in [5.41, 5.74) is 0.820. The SMILES string of the molecule is CC[C@@H](CO)N(Cc1ccc(C)s1)C(=O)c1occc1C. The van der Waals surface area contributed by atoms with Crippen LogP contribution < -0.4 is 0 Å². The molecule has 1 atom stereocenters. The van der Waals surface area contributed by atoms with Gasteiger partial charge in [0.2, 0.25) is 0 Å². The van der Waals surface area contributed by atoms with E-state index in [4.69, 9.17) is 4.42 Å². The zero-order valence-electron chi connectivity index (χ0n) is 12.6. The van der Waals surface area contributed by atoms with E-state index in [1.807, 2.05) is 32.9 Å². The number of furan rings is 1. The summed E-state index contributed by atoms with van der Waals surface area (Å²) in [6, 6.07) is 5.64. The van der Waals surface area contributed by atoms with Gasteiger partial charge in [-0.25, -0.2) is 0 Å². The Morgan fingerprint density at radius 2 is 2.14 bits per heavy atom. The fourth-order valence-corrected chi connectivity index (χ4v) is 3.16. The molecule has 5 heteroatoms. The van der Waals surface area contributed by atoms with Gasteiger partial charge in [0.05, 0.1) is 25.5 Å². The first kappa shape index (κ1) is 15.8. The van der Waals surface area contributed by atoms with Crippen LogP contribution in [0.25, 0.3) is 0 Å². The summed E-state index contributed by atoms with van der Waals surface area (Å²) in [7, 11) is 0. The molecule has 4 nitrogen and oxygen atoms in total. The molecule has 2 heterocycles. The van der Waals surface area contributed by atoms with E-state index in [0.717, 1.165) is 10.4 Å². The lowest BCUT2D eigenvalue weighted by Gasteiger charge is -2.29. The third-order valence-electron chi connectivity index (χ3n) is 3.56. The molecule has 0 aliphatic rings. The Kier molecular flexibility index (Phi) is 5.20. The Hall–Kier alpha value is -1.59. The van der Waals surface area contributed by atoms with Gasteiger partial charge in [-0.15, -0.1) is 11.3 Å². The molecule has 114 valence electrons. The van der Waals surface area contributed by atoms with Crippen molar-refractivity contribution in [3.8, 4) is 0 Å². The first-order valence-electron chi connectivity index (χ1n) is 7.08. The second-order valence-electron chi connectivity index (χ2n) is 5.12. The van der Waals surface area contributed by atoms with Gasteiger partial charge in [0.25, 0.3) is 5.91 Å². The molecule has 1 N–H and O–H groups in total. The number of nitrogens with zero attached hydrogens (tertiary/aromatic N) is 1. The third kappa shape index (κ3) is 3.54. The molecular weight excluding hydrogens is 286 g/mol. The topological polar surface area (TPSA) is 53.7 Å². The lowest BCUT2D eigenvalue weighted by molar-refractivity contribution is 0.0534. The van der Waals surface area contributed by atoms with Crippen molar-refractivity contribution < 1.29 is 14.3 Å². The summed E-state index contributed by atoms with van der Waals surface area (Å²) in [6.45, 7) is 6.31. The van der Waals surface area contributed by atoms with E-state index in [1.165, 1.54) is 11.1 Å². The number of aliphatic hydroxyl groups excluding tert-OH is 1. The quantitative estimate of drug-likeness (QED) is 0.890. The van der Waals surface area contributed by atoms with Crippen molar-refractivity contribution in [2.45, 2.75) is 39.8 Å². The van der Waals surface area contributed by atoms with Crippen molar-refractivity contribution in [1.82, 2.24) is 4.90 Å². The molecular formula is C16H21NO3S. The number of hydrogen-bond acceptors (Lipinski definition) is 4. The Balaban J connectivity index is 2.27. The van der Waals surface area contributed by atoms with Crippen molar-refractivity contribution in [2.75, 3.05) is 6.61 Å². The summed E-state index contributed by atoms with van der Waals surface area (Å²) in [4.78, 5) is 16.7. The second kappa shape index (κ2) is 6.91. The van der Waals surface area contributed by atoms with Crippen LogP contribution in [0.2, 0.25) is 0 Å². The Morgan fingerprint density at radius 3 is 2.62 bits per heavy atom. The van der Waals surface area contributed by atoms with E-state index >= 15 is 0 Å². The van der Waals surface area contributed by atoms with Crippen LogP contribution in [0.1, 0.15) is 39.2 Å². The number of thiophene rings is 1. The highest BCUT2D eigenvalue weighted by Crippen LogP contribution is 2.22. The summed E-state index contributed by atoms with van der Waals surface area (Å²) in [5, 5.41) is 9.57. The molecule has 21 heavy (non-hydrogen) atoms. The number of rotatable bonds is 6. The van der Waals surface area contributed by atoms with E-state index < -0.39 is 0 Å². The average molecular weight is 307 g/mol. The van der Waals surface area contributed by atoms with Crippen LogP contribution >= 0.6 is 11.3 Å². The average Bonchev–Trinajstić information content (AvgIpc) is 3.07. The van der Waals surface area contributed by atoms with Crippen LogP contribution in [0.4, 0.5) is 0 Å². The maximum Gasteiger partial charge on any atom is 0.290 e. The smallest absolute Gasteiger partial charge is 0.290 e. The highest BCUT2D eigenvalue weighted by Gasteiger charge is 2.26. The number of aliphatic hydroxyl groups is 1. The fourth-order valence-electron chi connectivity index (χ4n) is 2.28. The Labute approximate surface area is 129 Å². The fraction of sp³-hybridized carbons (Fsp3) is 0.438. The number of aryl methyl sites for hydroxylation is 2.